The summed E-state index contributed by atoms with van der Waals surface area (Å²) < 4.78 is 19.0. The molecule has 0 unspecified atom stereocenters. The summed E-state index contributed by atoms with van der Waals surface area (Å²) in [4.78, 5) is 21.6. The van der Waals surface area contributed by atoms with E-state index >= 15 is 0 Å². The molecular weight excluding hydrogens is 466 g/mol. The van der Waals surface area contributed by atoms with Crippen molar-refractivity contribution in [3.05, 3.63) is 114 Å². The van der Waals surface area contributed by atoms with E-state index in [2.05, 4.69) is 9.97 Å². The van der Waals surface area contributed by atoms with E-state index in [0.717, 1.165) is 39.6 Å². The lowest BCUT2D eigenvalue weighted by Gasteiger charge is -2.07. The van der Waals surface area contributed by atoms with Crippen LogP contribution in [0, 0.1) is 6.92 Å². The third-order valence-electron chi connectivity index (χ3n) is 5.89. The zero-order valence-corrected chi connectivity index (χ0v) is 20.8. The maximum atomic E-state index is 12.6. The molecule has 2 aromatic carbocycles. The van der Waals surface area contributed by atoms with Crippen LogP contribution >= 0.6 is 0 Å². The van der Waals surface area contributed by atoms with Crippen molar-refractivity contribution in [2.75, 3.05) is 6.61 Å². The second kappa shape index (κ2) is 11.0. The van der Waals surface area contributed by atoms with Crippen molar-refractivity contribution in [1.82, 2.24) is 14.5 Å². The molecule has 0 fully saturated rings. The van der Waals surface area contributed by atoms with Gasteiger partial charge >= 0.3 is 5.97 Å². The van der Waals surface area contributed by atoms with E-state index in [1.165, 1.54) is 0 Å². The molecule has 37 heavy (non-hydrogen) atoms. The molecule has 0 amide bonds. The highest BCUT2D eigenvalue weighted by Gasteiger charge is 2.18. The standard InChI is InChI=1S/C30H27N3O4/c1-3-35-30(34)26-19-33(18-25(26)27-11-7-8-16-31-27)17-22-12-14-24(15-13-22)36-20-28-21(2)37-29(32-28)23-9-5-4-6-10-23/h4-16,18-19H,3,17,20H2,1-2H3. The molecule has 0 bridgehead atoms. The van der Waals surface area contributed by atoms with Crippen molar-refractivity contribution in [3.63, 3.8) is 0 Å². The number of carbonyl (C=O) groups is 1. The van der Waals surface area contributed by atoms with Gasteiger partial charge in [-0.1, -0.05) is 36.4 Å². The minimum Gasteiger partial charge on any atom is -0.487 e. The van der Waals surface area contributed by atoms with Gasteiger partial charge in [0.2, 0.25) is 5.89 Å². The van der Waals surface area contributed by atoms with Gasteiger partial charge in [0.25, 0.3) is 0 Å². The molecule has 0 aliphatic rings. The van der Waals surface area contributed by atoms with Gasteiger partial charge in [0.05, 0.1) is 17.9 Å². The van der Waals surface area contributed by atoms with E-state index in [1.807, 2.05) is 96.7 Å². The topological polar surface area (TPSA) is 79.4 Å². The van der Waals surface area contributed by atoms with Gasteiger partial charge in [0.15, 0.2) is 0 Å². The summed E-state index contributed by atoms with van der Waals surface area (Å²) in [5.74, 6) is 1.71. The predicted octanol–water partition coefficient (Wildman–Crippen LogP) is 6.32. The van der Waals surface area contributed by atoms with E-state index in [-0.39, 0.29) is 5.97 Å². The Labute approximate surface area is 215 Å². The van der Waals surface area contributed by atoms with Gasteiger partial charge in [-0.3, -0.25) is 4.98 Å². The minimum absolute atomic E-state index is 0.314. The second-order valence-electron chi connectivity index (χ2n) is 8.51. The molecule has 7 nitrogen and oxygen atoms in total. The summed E-state index contributed by atoms with van der Waals surface area (Å²) in [6, 6.07) is 23.3. The van der Waals surface area contributed by atoms with E-state index in [0.29, 0.717) is 31.2 Å². The molecule has 3 heterocycles. The molecule has 0 saturated carbocycles. The lowest BCUT2D eigenvalue weighted by Crippen LogP contribution is -2.05. The SMILES string of the molecule is CCOC(=O)c1cn(Cc2ccc(OCc3nc(-c4ccccc4)oc3C)cc2)cc1-c1ccccn1. The molecule has 186 valence electrons. The number of rotatable bonds is 9. The van der Waals surface area contributed by atoms with Crippen LogP contribution in [0.5, 0.6) is 5.75 Å². The number of esters is 1. The van der Waals surface area contributed by atoms with Crippen molar-refractivity contribution < 1.29 is 18.7 Å². The van der Waals surface area contributed by atoms with E-state index in [4.69, 9.17) is 13.9 Å². The fraction of sp³-hybridized carbons (Fsp3) is 0.167. The number of aryl methyl sites for hydroxylation is 1. The Kier molecular flexibility index (Phi) is 7.12. The van der Waals surface area contributed by atoms with Crippen molar-refractivity contribution in [1.29, 1.82) is 0 Å². The van der Waals surface area contributed by atoms with Crippen LogP contribution in [0.4, 0.5) is 0 Å². The molecule has 7 heteroatoms. The summed E-state index contributed by atoms with van der Waals surface area (Å²) in [5, 5.41) is 0. The Hall–Kier alpha value is -4.65. The third kappa shape index (κ3) is 5.62. The largest absolute Gasteiger partial charge is 0.487 e. The maximum absolute atomic E-state index is 12.6. The third-order valence-corrected chi connectivity index (χ3v) is 5.89. The van der Waals surface area contributed by atoms with Crippen LogP contribution in [0.15, 0.2) is 95.8 Å². The first-order valence-corrected chi connectivity index (χ1v) is 12.1. The lowest BCUT2D eigenvalue weighted by molar-refractivity contribution is 0.0527. The summed E-state index contributed by atoms with van der Waals surface area (Å²) in [7, 11) is 0. The number of benzene rings is 2. The smallest absolute Gasteiger partial charge is 0.340 e. The number of hydrogen-bond donors (Lipinski definition) is 0. The maximum Gasteiger partial charge on any atom is 0.340 e. The normalized spacial score (nSPS) is 10.9. The lowest BCUT2D eigenvalue weighted by atomic mass is 10.1. The first-order chi connectivity index (χ1) is 18.1. The fourth-order valence-corrected chi connectivity index (χ4v) is 4.02. The van der Waals surface area contributed by atoms with Gasteiger partial charge in [0.1, 0.15) is 23.8 Å². The zero-order chi connectivity index (χ0) is 25.6. The molecule has 0 spiro atoms. The summed E-state index contributed by atoms with van der Waals surface area (Å²) >= 11 is 0. The van der Waals surface area contributed by atoms with Gasteiger partial charge < -0.3 is 18.5 Å². The summed E-state index contributed by atoms with van der Waals surface area (Å²) in [6.07, 6.45) is 5.45. The van der Waals surface area contributed by atoms with E-state index in [1.54, 1.807) is 13.1 Å². The van der Waals surface area contributed by atoms with Gasteiger partial charge in [-0.05, 0) is 55.8 Å². The highest BCUT2D eigenvalue weighted by Crippen LogP contribution is 2.26. The molecule has 3 aromatic heterocycles. The molecule has 5 aromatic rings. The van der Waals surface area contributed by atoms with Crippen LogP contribution < -0.4 is 4.74 Å². The number of oxazole rings is 1. The highest BCUT2D eigenvalue weighted by molar-refractivity contribution is 5.96. The van der Waals surface area contributed by atoms with Crippen molar-refractivity contribution >= 4 is 5.97 Å². The molecular formula is C30H27N3O4. The quantitative estimate of drug-likeness (QED) is 0.224. The predicted molar refractivity (Wildman–Crippen MR) is 140 cm³/mol. The number of hydrogen-bond acceptors (Lipinski definition) is 6. The Bertz CT molecular complexity index is 1470. The van der Waals surface area contributed by atoms with E-state index in [9.17, 15) is 4.79 Å². The van der Waals surface area contributed by atoms with Crippen molar-refractivity contribution in [2.45, 2.75) is 27.0 Å². The Balaban J connectivity index is 1.27. The van der Waals surface area contributed by atoms with Crippen LogP contribution in [-0.2, 0) is 17.9 Å². The van der Waals surface area contributed by atoms with Crippen LogP contribution in [0.1, 0.15) is 34.3 Å². The number of carbonyl (C=O) groups excluding carboxylic acids is 1. The molecule has 0 aliphatic heterocycles. The minimum atomic E-state index is -0.357. The molecule has 0 saturated heterocycles. The monoisotopic (exact) mass is 493 g/mol. The average Bonchev–Trinajstić information content (AvgIpc) is 3.53. The number of nitrogens with zero attached hydrogens (tertiary/aromatic N) is 3. The molecule has 0 radical (unpaired) electrons. The van der Waals surface area contributed by atoms with Crippen LogP contribution in [0.25, 0.3) is 22.7 Å². The molecule has 0 N–H and O–H groups in total. The highest BCUT2D eigenvalue weighted by atomic mass is 16.5. The summed E-state index contributed by atoms with van der Waals surface area (Å²) in [5.41, 5.74) is 4.74. The Morgan fingerprint density at radius 3 is 2.49 bits per heavy atom. The Morgan fingerprint density at radius 2 is 1.76 bits per heavy atom. The number of ether oxygens (including phenoxy) is 2. The first kappa shape index (κ1) is 24.1. The van der Waals surface area contributed by atoms with Crippen molar-refractivity contribution in [3.8, 4) is 28.5 Å². The Morgan fingerprint density at radius 1 is 0.973 bits per heavy atom. The van der Waals surface area contributed by atoms with Crippen molar-refractivity contribution in [2.24, 2.45) is 0 Å². The average molecular weight is 494 g/mol. The first-order valence-electron chi connectivity index (χ1n) is 12.1. The van der Waals surface area contributed by atoms with Gasteiger partial charge in [0, 0.05) is 36.3 Å². The van der Waals surface area contributed by atoms with Crippen LogP contribution in [0.2, 0.25) is 0 Å². The second-order valence-corrected chi connectivity index (χ2v) is 8.51. The van der Waals surface area contributed by atoms with Gasteiger partial charge in [-0.2, -0.15) is 0 Å². The van der Waals surface area contributed by atoms with Crippen LogP contribution in [0.3, 0.4) is 0 Å². The van der Waals surface area contributed by atoms with Crippen LogP contribution in [-0.4, -0.2) is 27.1 Å². The fourth-order valence-electron chi connectivity index (χ4n) is 4.02. The molecule has 5 rings (SSSR count). The van der Waals surface area contributed by atoms with Gasteiger partial charge in [-0.25, -0.2) is 9.78 Å². The van der Waals surface area contributed by atoms with E-state index < -0.39 is 0 Å². The molecule has 0 atom stereocenters. The summed E-state index contributed by atoms with van der Waals surface area (Å²) in [6.45, 7) is 4.90. The number of aromatic nitrogens is 3. The molecule has 0 aliphatic carbocycles. The van der Waals surface area contributed by atoms with Gasteiger partial charge in [-0.15, -0.1) is 0 Å². The number of pyridine rings is 1. The zero-order valence-electron chi connectivity index (χ0n) is 20.8.